The summed E-state index contributed by atoms with van der Waals surface area (Å²) in [5.74, 6) is -0.319. The van der Waals surface area contributed by atoms with Gasteiger partial charge in [0.2, 0.25) is 0 Å². The van der Waals surface area contributed by atoms with Crippen molar-refractivity contribution in [2.45, 2.75) is 96.2 Å². The molecule has 0 radical (unpaired) electrons. The van der Waals surface area contributed by atoms with Crippen molar-refractivity contribution in [3.05, 3.63) is 12.7 Å². The van der Waals surface area contributed by atoms with E-state index in [4.69, 9.17) is 13.6 Å². The second-order valence-electron chi connectivity index (χ2n) is 6.89. The first kappa shape index (κ1) is 24.3. The largest absolute Gasteiger partial charge is 0.460 e. The molecule has 1 unspecified atom stereocenters. The summed E-state index contributed by atoms with van der Waals surface area (Å²) in [6.45, 7) is 7.56. The maximum Gasteiger partial charge on any atom is 0.337 e. The second-order valence-corrected chi connectivity index (χ2v) is 10.5. The van der Waals surface area contributed by atoms with E-state index < -0.39 is 8.56 Å². The average Bonchev–Trinajstić information content (AvgIpc) is 2.62. The van der Waals surface area contributed by atoms with E-state index >= 15 is 0 Å². The Bertz CT molecular complexity index is 343. The van der Waals surface area contributed by atoms with Gasteiger partial charge in [-0.25, -0.2) is 4.79 Å². The van der Waals surface area contributed by atoms with Crippen molar-refractivity contribution in [3.8, 4) is 0 Å². The molecule has 1 atom stereocenters. The Morgan fingerprint density at radius 3 is 1.96 bits per heavy atom. The van der Waals surface area contributed by atoms with Crippen molar-refractivity contribution in [3.63, 3.8) is 0 Å². The third-order valence-electron chi connectivity index (χ3n) is 4.78. The Labute approximate surface area is 156 Å². The molecule has 0 saturated carbocycles. The lowest BCUT2D eigenvalue weighted by Crippen LogP contribution is -2.39. The first-order chi connectivity index (χ1) is 12.0. The maximum atomic E-state index is 11.1. The van der Waals surface area contributed by atoms with Crippen LogP contribution in [-0.2, 0) is 18.4 Å². The predicted molar refractivity (Wildman–Crippen MR) is 107 cm³/mol. The number of carbonyl (C=O) groups is 1. The van der Waals surface area contributed by atoms with Crippen molar-refractivity contribution < 1.29 is 18.4 Å². The van der Waals surface area contributed by atoms with Crippen LogP contribution in [-0.4, -0.2) is 34.9 Å². The molecule has 0 fully saturated rings. The molecule has 0 heterocycles. The van der Waals surface area contributed by atoms with Crippen LogP contribution >= 0.6 is 0 Å². The van der Waals surface area contributed by atoms with Crippen molar-refractivity contribution in [1.29, 1.82) is 0 Å². The van der Waals surface area contributed by atoms with Crippen LogP contribution in [0.25, 0.3) is 0 Å². The molecule has 0 N–H and O–H groups in total. The summed E-state index contributed by atoms with van der Waals surface area (Å²) < 4.78 is 16.6. The van der Waals surface area contributed by atoms with Crippen LogP contribution < -0.4 is 0 Å². The number of esters is 1. The number of unbranched alkanes of at least 4 members (excludes halogenated alkanes) is 7. The minimum atomic E-state index is -1.90. The molecule has 0 spiro atoms. The quantitative estimate of drug-likeness (QED) is 0.141. The zero-order valence-corrected chi connectivity index (χ0v) is 18.0. The minimum absolute atomic E-state index is 0.000349. The molecule has 0 aliphatic rings. The summed E-state index contributed by atoms with van der Waals surface area (Å²) in [6, 6.07) is 2.22. The van der Waals surface area contributed by atoms with E-state index in [0.717, 1.165) is 31.4 Å². The fourth-order valence-electron chi connectivity index (χ4n) is 3.19. The number of rotatable bonds is 17. The van der Waals surface area contributed by atoms with Gasteiger partial charge in [0.1, 0.15) is 0 Å². The normalized spacial score (nSPS) is 12.8. The van der Waals surface area contributed by atoms with Gasteiger partial charge < -0.3 is 13.6 Å². The number of hydrogen-bond donors (Lipinski definition) is 0. The first-order valence-corrected chi connectivity index (χ1v) is 12.2. The van der Waals surface area contributed by atoms with E-state index in [2.05, 4.69) is 13.5 Å². The molecule has 25 heavy (non-hydrogen) atoms. The predicted octanol–water partition coefficient (Wildman–Crippen LogP) is 5.76. The number of ether oxygens (including phenoxy) is 1. The van der Waals surface area contributed by atoms with Crippen LogP contribution in [0.2, 0.25) is 12.1 Å². The molecular formula is C20H40O4Si. The van der Waals surface area contributed by atoms with Gasteiger partial charge in [0, 0.05) is 20.3 Å². The monoisotopic (exact) mass is 372 g/mol. The zero-order valence-electron chi connectivity index (χ0n) is 17.0. The lowest BCUT2D eigenvalue weighted by Gasteiger charge is -2.27. The molecule has 0 saturated heterocycles. The van der Waals surface area contributed by atoms with Crippen molar-refractivity contribution in [1.82, 2.24) is 0 Å². The van der Waals surface area contributed by atoms with E-state index in [1.807, 2.05) is 21.1 Å². The van der Waals surface area contributed by atoms with Gasteiger partial charge in [-0.05, 0) is 31.9 Å². The van der Waals surface area contributed by atoms with Gasteiger partial charge >= 0.3 is 14.5 Å². The highest BCUT2D eigenvalue weighted by atomic mass is 28.4. The van der Waals surface area contributed by atoms with Gasteiger partial charge in [0.25, 0.3) is 0 Å². The summed E-state index contributed by atoms with van der Waals surface area (Å²) in [4.78, 5) is 11.1. The average molecular weight is 373 g/mol. The fourth-order valence-corrected chi connectivity index (χ4v) is 5.97. The van der Waals surface area contributed by atoms with Gasteiger partial charge in [0.05, 0.1) is 6.10 Å². The molecule has 4 nitrogen and oxygen atoms in total. The zero-order chi connectivity index (χ0) is 19.0. The third kappa shape index (κ3) is 12.4. The lowest BCUT2D eigenvalue weighted by atomic mass is 10.1. The summed E-state index contributed by atoms with van der Waals surface area (Å²) in [5.41, 5.74) is 0. The third-order valence-corrected chi connectivity index (χ3v) is 8.64. The highest BCUT2D eigenvalue weighted by Crippen LogP contribution is 2.23. The van der Waals surface area contributed by atoms with Crippen LogP contribution in [0.1, 0.15) is 78.1 Å². The Balaban J connectivity index is 3.52. The summed E-state index contributed by atoms with van der Waals surface area (Å²) in [5, 5.41) is 0. The molecule has 0 aliphatic carbocycles. The van der Waals surface area contributed by atoms with Crippen molar-refractivity contribution in [2.24, 2.45) is 0 Å². The van der Waals surface area contributed by atoms with Crippen LogP contribution in [0.3, 0.4) is 0 Å². The Kier molecular flexibility index (Phi) is 15.2. The topological polar surface area (TPSA) is 44.8 Å². The summed E-state index contributed by atoms with van der Waals surface area (Å²) in [6.07, 6.45) is 13.3. The van der Waals surface area contributed by atoms with Gasteiger partial charge in [-0.1, -0.05) is 64.9 Å². The van der Waals surface area contributed by atoms with Crippen LogP contribution in [0.4, 0.5) is 0 Å². The lowest BCUT2D eigenvalue weighted by molar-refractivity contribution is -0.142. The van der Waals surface area contributed by atoms with E-state index in [1.54, 1.807) is 0 Å². The minimum Gasteiger partial charge on any atom is -0.460 e. The summed E-state index contributed by atoms with van der Waals surface area (Å²) in [7, 11) is 1.72. The Hall–Kier alpha value is -0.653. The maximum absolute atomic E-state index is 11.1. The highest BCUT2D eigenvalue weighted by molar-refractivity contribution is 6.67. The molecule has 0 rings (SSSR count). The Morgan fingerprint density at radius 1 is 0.960 bits per heavy atom. The summed E-state index contributed by atoms with van der Waals surface area (Å²) >= 11 is 0. The molecule has 0 aliphatic heterocycles. The standard InChI is InChI=1S/C20H40O4Si/c1-6-17-25(22-4,23-5)18-15-13-11-9-8-10-12-14-16-19(3)24-20(21)7-2/h7,19H,2,6,8-18H2,1,3-5H3. The van der Waals surface area contributed by atoms with Gasteiger partial charge in [0.15, 0.2) is 0 Å². The van der Waals surface area contributed by atoms with Gasteiger partial charge in [-0.3, -0.25) is 0 Å². The van der Waals surface area contributed by atoms with E-state index in [-0.39, 0.29) is 12.1 Å². The van der Waals surface area contributed by atoms with E-state index in [1.165, 1.54) is 51.0 Å². The first-order valence-electron chi connectivity index (χ1n) is 9.97. The van der Waals surface area contributed by atoms with Crippen molar-refractivity contribution in [2.75, 3.05) is 14.2 Å². The molecule has 0 amide bonds. The Morgan fingerprint density at radius 2 is 1.48 bits per heavy atom. The van der Waals surface area contributed by atoms with Crippen LogP contribution in [0, 0.1) is 0 Å². The second kappa shape index (κ2) is 15.6. The molecule has 0 aromatic rings. The van der Waals surface area contributed by atoms with Crippen LogP contribution in [0.5, 0.6) is 0 Å². The fraction of sp³-hybridized carbons (Fsp3) is 0.850. The molecule has 148 valence electrons. The van der Waals surface area contributed by atoms with E-state index in [0.29, 0.717) is 0 Å². The SMILES string of the molecule is C=CC(=O)OC(C)CCCCCCCCCC[Si](CCC)(OC)OC. The smallest absolute Gasteiger partial charge is 0.337 e. The molecule has 0 bridgehead atoms. The molecule has 0 aromatic carbocycles. The number of carbonyl (C=O) groups excluding carboxylic acids is 1. The highest BCUT2D eigenvalue weighted by Gasteiger charge is 2.33. The van der Waals surface area contributed by atoms with E-state index in [9.17, 15) is 4.79 Å². The van der Waals surface area contributed by atoms with Gasteiger partial charge in [-0.2, -0.15) is 0 Å². The molecule has 0 aromatic heterocycles. The molecular weight excluding hydrogens is 332 g/mol. The number of hydrogen-bond acceptors (Lipinski definition) is 4. The van der Waals surface area contributed by atoms with Gasteiger partial charge in [-0.15, -0.1) is 0 Å². The van der Waals surface area contributed by atoms with Crippen LogP contribution in [0.15, 0.2) is 12.7 Å². The molecule has 5 heteroatoms. The van der Waals surface area contributed by atoms with Crippen molar-refractivity contribution >= 4 is 14.5 Å².